The smallest absolute Gasteiger partial charge is 0.171 e. The van der Waals surface area contributed by atoms with Gasteiger partial charge in [0, 0.05) is 7.11 Å². The SMILES string of the molecule is COCc1cc(C#N)cc(C(O[SiH](C)C)C(C)(C)C)c1. The van der Waals surface area contributed by atoms with Crippen molar-refractivity contribution in [1.29, 1.82) is 5.26 Å². The summed E-state index contributed by atoms with van der Waals surface area (Å²) < 4.78 is 11.4. The van der Waals surface area contributed by atoms with Gasteiger partial charge in [-0.25, -0.2) is 0 Å². The van der Waals surface area contributed by atoms with Crippen LogP contribution in [0, 0.1) is 16.7 Å². The first kappa shape index (κ1) is 16.9. The molecule has 1 aromatic carbocycles. The molecule has 0 aliphatic heterocycles. The summed E-state index contributed by atoms with van der Waals surface area (Å²) >= 11 is 0. The Morgan fingerprint density at radius 2 is 1.90 bits per heavy atom. The van der Waals surface area contributed by atoms with Gasteiger partial charge in [-0.3, -0.25) is 0 Å². The van der Waals surface area contributed by atoms with Crippen LogP contribution in [0.1, 0.15) is 43.6 Å². The molecule has 0 saturated carbocycles. The number of hydrogen-bond acceptors (Lipinski definition) is 3. The normalized spacial score (nSPS) is 13.3. The van der Waals surface area contributed by atoms with Crippen LogP contribution in [0.2, 0.25) is 13.1 Å². The van der Waals surface area contributed by atoms with Gasteiger partial charge < -0.3 is 9.16 Å². The average molecular weight is 291 g/mol. The lowest BCUT2D eigenvalue weighted by molar-refractivity contribution is 0.0863. The zero-order valence-electron chi connectivity index (χ0n) is 13.4. The second-order valence-electron chi connectivity index (χ2n) is 6.44. The van der Waals surface area contributed by atoms with Crippen LogP contribution in [0.25, 0.3) is 0 Å². The molecule has 3 nitrogen and oxygen atoms in total. The summed E-state index contributed by atoms with van der Waals surface area (Å²) in [4.78, 5) is 0. The van der Waals surface area contributed by atoms with E-state index in [0.717, 1.165) is 11.1 Å². The molecule has 1 unspecified atom stereocenters. The van der Waals surface area contributed by atoms with Gasteiger partial charge in [-0.15, -0.1) is 0 Å². The number of benzene rings is 1. The summed E-state index contributed by atoms with van der Waals surface area (Å²) in [6, 6.07) is 8.13. The van der Waals surface area contributed by atoms with Gasteiger partial charge >= 0.3 is 0 Å². The molecule has 1 atom stereocenters. The topological polar surface area (TPSA) is 42.2 Å². The molecule has 0 bridgehead atoms. The van der Waals surface area contributed by atoms with Crippen molar-refractivity contribution in [2.75, 3.05) is 7.11 Å². The molecule has 0 saturated heterocycles. The summed E-state index contributed by atoms with van der Waals surface area (Å²) in [7, 11) is 0.496. The number of rotatable bonds is 5. The third-order valence-electron chi connectivity index (χ3n) is 2.95. The molecule has 0 aliphatic rings. The molecule has 1 rings (SSSR count). The van der Waals surface area contributed by atoms with Crippen molar-refractivity contribution in [3.63, 3.8) is 0 Å². The van der Waals surface area contributed by atoms with Crippen LogP contribution in [0.15, 0.2) is 18.2 Å². The maximum atomic E-state index is 9.20. The maximum Gasteiger partial charge on any atom is 0.171 e. The highest BCUT2D eigenvalue weighted by Gasteiger charge is 2.28. The molecular formula is C16H25NO2Si. The van der Waals surface area contributed by atoms with E-state index in [1.807, 2.05) is 12.1 Å². The Labute approximate surface area is 124 Å². The minimum absolute atomic E-state index is 0.00427. The Hall–Kier alpha value is -1.15. The number of hydrogen-bond donors (Lipinski definition) is 0. The lowest BCUT2D eigenvalue weighted by Crippen LogP contribution is -2.26. The summed E-state index contributed by atoms with van der Waals surface area (Å²) in [6.45, 7) is 11.4. The predicted octanol–water partition coefficient (Wildman–Crippen LogP) is 3.79. The Bertz CT molecular complexity index is 486. The molecule has 0 aliphatic carbocycles. The number of ether oxygens (including phenoxy) is 1. The van der Waals surface area contributed by atoms with Gasteiger partial charge in [0.2, 0.25) is 0 Å². The highest BCUT2D eigenvalue weighted by Crippen LogP contribution is 2.37. The largest absolute Gasteiger partial charge is 0.413 e. The average Bonchev–Trinajstić information content (AvgIpc) is 2.34. The van der Waals surface area contributed by atoms with Gasteiger partial charge in [-0.1, -0.05) is 26.8 Å². The second kappa shape index (κ2) is 7.03. The highest BCUT2D eigenvalue weighted by molar-refractivity contribution is 6.48. The van der Waals surface area contributed by atoms with E-state index < -0.39 is 9.04 Å². The van der Waals surface area contributed by atoms with Crippen molar-refractivity contribution in [2.24, 2.45) is 5.41 Å². The maximum absolute atomic E-state index is 9.20. The van der Waals surface area contributed by atoms with Crippen LogP contribution in [-0.2, 0) is 15.8 Å². The van der Waals surface area contributed by atoms with Gasteiger partial charge in [-0.05, 0) is 41.8 Å². The van der Waals surface area contributed by atoms with Gasteiger partial charge in [0.15, 0.2) is 9.04 Å². The zero-order chi connectivity index (χ0) is 15.3. The van der Waals surface area contributed by atoms with Gasteiger partial charge in [0.05, 0.1) is 24.3 Å². The van der Waals surface area contributed by atoms with E-state index in [2.05, 4.69) is 46.0 Å². The molecule has 1 aromatic rings. The number of nitrogens with zero attached hydrogens (tertiary/aromatic N) is 1. The molecule has 4 heteroatoms. The fourth-order valence-corrected chi connectivity index (χ4v) is 3.35. The van der Waals surface area contributed by atoms with Crippen molar-refractivity contribution >= 4 is 9.04 Å². The van der Waals surface area contributed by atoms with E-state index in [4.69, 9.17) is 9.16 Å². The summed E-state index contributed by atoms with van der Waals surface area (Å²) in [5, 5.41) is 9.20. The van der Waals surface area contributed by atoms with Gasteiger partial charge in [0.25, 0.3) is 0 Å². The summed E-state index contributed by atoms with van der Waals surface area (Å²) in [5.41, 5.74) is 2.75. The lowest BCUT2D eigenvalue weighted by atomic mass is 9.84. The van der Waals surface area contributed by atoms with Crippen molar-refractivity contribution in [3.05, 3.63) is 34.9 Å². The molecule has 0 spiro atoms. The molecule has 0 amide bonds. The van der Waals surface area contributed by atoms with E-state index in [0.29, 0.717) is 12.2 Å². The second-order valence-corrected chi connectivity index (χ2v) is 8.81. The van der Waals surface area contributed by atoms with E-state index in [-0.39, 0.29) is 11.5 Å². The van der Waals surface area contributed by atoms with E-state index >= 15 is 0 Å². The van der Waals surface area contributed by atoms with Crippen LogP contribution < -0.4 is 0 Å². The monoisotopic (exact) mass is 291 g/mol. The molecule has 0 fully saturated rings. The third-order valence-corrected chi connectivity index (χ3v) is 3.77. The minimum atomic E-state index is -1.17. The Morgan fingerprint density at radius 1 is 1.25 bits per heavy atom. The van der Waals surface area contributed by atoms with Crippen molar-refractivity contribution in [2.45, 2.75) is 46.6 Å². The first-order chi connectivity index (χ1) is 9.27. The van der Waals surface area contributed by atoms with Crippen LogP contribution in [-0.4, -0.2) is 16.2 Å². The summed E-state index contributed by atoms with van der Waals surface area (Å²) in [5.74, 6) is 0. The van der Waals surface area contributed by atoms with E-state index in [1.165, 1.54) is 0 Å². The van der Waals surface area contributed by atoms with Crippen LogP contribution in [0.3, 0.4) is 0 Å². The Kier molecular flexibility index (Phi) is 5.94. The van der Waals surface area contributed by atoms with Crippen molar-refractivity contribution in [3.8, 4) is 6.07 Å². The first-order valence-corrected chi connectivity index (χ1v) is 9.74. The standard InChI is InChI=1S/C16H25NO2Si/c1-16(2,3)15(19-20(5)6)14-8-12(10-17)7-13(9-14)11-18-4/h7-9,15,20H,11H2,1-6H3. The fraction of sp³-hybridized carbons (Fsp3) is 0.562. The number of nitriles is 1. The lowest BCUT2D eigenvalue weighted by Gasteiger charge is -2.33. The third kappa shape index (κ3) is 4.75. The summed E-state index contributed by atoms with van der Waals surface area (Å²) in [6.07, 6.45) is 0.0121. The highest BCUT2D eigenvalue weighted by atomic mass is 28.3. The Balaban J connectivity index is 3.25. The molecule has 0 heterocycles. The van der Waals surface area contributed by atoms with Gasteiger partial charge in [-0.2, -0.15) is 5.26 Å². The quantitative estimate of drug-likeness (QED) is 0.775. The predicted molar refractivity (Wildman–Crippen MR) is 84.0 cm³/mol. The van der Waals surface area contributed by atoms with E-state index in [1.54, 1.807) is 7.11 Å². The van der Waals surface area contributed by atoms with Crippen molar-refractivity contribution in [1.82, 2.24) is 0 Å². The molecule has 0 radical (unpaired) electrons. The minimum Gasteiger partial charge on any atom is -0.413 e. The molecule has 0 aromatic heterocycles. The Morgan fingerprint density at radius 3 is 2.35 bits per heavy atom. The van der Waals surface area contributed by atoms with E-state index in [9.17, 15) is 5.26 Å². The van der Waals surface area contributed by atoms with Crippen LogP contribution in [0.5, 0.6) is 0 Å². The molecular weight excluding hydrogens is 266 g/mol. The zero-order valence-corrected chi connectivity index (χ0v) is 14.5. The van der Waals surface area contributed by atoms with Crippen LogP contribution in [0.4, 0.5) is 0 Å². The first-order valence-electron chi connectivity index (χ1n) is 6.96. The molecule has 110 valence electrons. The van der Waals surface area contributed by atoms with Crippen LogP contribution >= 0.6 is 0 Å². The fourth-order valence-electron chi connectivity index (χ4n) is 2.24. The van der Waals surface area contributed by atoms with Gasteiger partial charge in [0.1, 0.15) is 0 Å². The molecule has 0 N–H and O–H groups in total. The molecule has 20 heavy (non-hydrogen) atoms. The number of methoxy groups -OCH3 is 1. The van der Waals surface area contributed by atoms with Crippen molar-refractivity contribution < 1.29 is 9.16 Å².